The average molecular weight is 505 g/mol. The third-order valence-electron chi connectivity index (χ3n) is 0.316. The molecular weight excluding hydrogens is 495 g/mol. The third kappa shape index (κ3) is 68.0. The minimum absolute atomic E-state index is 0.208. The van der Waals surface area contributed by atoms with Crippen LogP contribution in [0.25, 0.3) is 11.5 Å². The Morgan fingerprint density at radius 2 is 1.15 bits per heavy atom. The van der Waals surface area contributed by atoms with Gasteiger partial charge >= 0.3 is 53.0 Å². The van der Waals surface area contributed by atoms with Gasteiger partial charge in [0.15, 0.2) is 0 Å². The van der Waals surface area contributed by atoms with Gasteiger partial charge in [0, 0.05) is 13.1 Å². The van der Waals surface area contributed by atoms with E-state index in [1.54, 1.807) is 0 Å². The van der Waals surface area contributed by atoms with Gasteiger partial charge in [0.25, 0.3) is 0 Å². The molecule has 0 atom stereocenters. The van der Waals surface area contributed by atoms with Gasteiger partial charge in [-0.1, -0.05) is 0 Å². The van der Waals surface area contributed by atoms with Crippen LogP contribution in [0.5, 0.6) is 0 Å². The first-order valence-corrected chi connectivity index (χ1v) is 12.5. The van der Waals surface area contributed by atoms with Crippen LogP contribution in [0, 0.1) is 0 Å². The maximum atomic E-state index is 7.65. The van der Waals surface area contributed by atoms with Crippen LogP contribution in [0.3, 0.4) is 0 Å². The number of aliphatic carboxylic acids is 2. The fourth-order valence-corrected chi connectivity index (χ4v) is 0. The van der Waals surface area contributed by atoms with E-state index >= 15 is 0 Å². The minimum atomic E-state index is -0.829. The molecule has 0 aliphatic rings. The van der Waals surface area contributed by atoms with Gasteiger partial charge in [0.2, 0.25) is 0 Å². The molecule has 0 unspecified atom stereocenters. The maximum absolute atomic E-state index is 7.65. The predicted molar refractivity (Wildman–Crippen MR) is 55.4 cm³/mol. The normalized spacial score (nSPS) is 7.38. The summed E-state index contributed by atoms with van der Waals surface area (Å²) in [6.45, 7) is -0.833. The molecule has 9 heteroatoms. The van der Waals surface area contributed by atoms with Gasteiger partial charge in [0.1, 0.15) is 0 Å². The van der Waals surface area contributed by atoms with E-state index in [0.717, 1.165) is 0 Å². The van der Waals surface area contributed by atoms with Crippen molar-refractivity contribution >= 4 is 38.5 Å². The van der Waals surface area contributed by atoms with Crippen molar-refractivity contribution < 1.29 is 34.3 Å². The van der Waals surface area contributed by atoms with Gasteiger partial charge in [0.05, 0.1) is 0 Å². The second-order valence-electron chi connectivity index (χ2n) is 1.23. The van der Waals surface area contributed by atoms with E-state index in [1.165, 1.54) is 0 Å². The molecule has 0 aromatic carbocycles. The predicted octanol–water partition coefficient (Wildman–Crippen LogP) is 1.89. The zero-order chi connectivity index (χ0) is 11.3. The van der Waals surface area contributed by atoms with Crippen molar-refractivity contribution in [1.82, 2.24) is 0 Å². The van der Waals surface area contributed by atoms with E-state index in [1.807, 2.05) is 0 Å². The smallest absolute Gasteiger partial charge is 0.458 e. The summed E-state index contributed by atoms with van der Waals surface area (Å²) < 4.78 is 0. The number of carboxylic acid groups (broad SMARTS) is 2. The molecular formula is C4H10Br2N2O4Pt+2. The van der Waals surface area contributed by atoms with Gasteiger partial charge in [-0.05, 0) is 0 Å². The fourth-order valence-electron chi connectivity index (χ4n) is 0. The van der Waals surface area contributed by atoms with Crippen LogP contribution in [0.1, 0.15) is 0 Å². The Labute approximate surface area is 96.9 Å². The first kappa shape index (κ1) is 19.1. The fraction of sp³-hybridized carbons (Fsp3) is 0.500. The molecule has 6 nitrogen and oxygen atoms in total. The van der Waals surface area contributed by atoms with Crippen molar-refractivity contribution in [2.24, 2.45) is 0 Å². The second kappa shape index (κ2) is 18.3. The van der Waals surface area contributed by atoms with Gasteiger partial charge in [-0.3, -0.25) is 0 Å². The van der Waals surface area contributed by atoms with Gasteiger partial charge < -0.3 is 31.3 Å². The maximum Gasteiger partial charge on any atom is 0.458 e. The Morgan fingerprint density at radius 3 is 1.15 bits per heavy atom. The SMILES string of the molecule is [Br][Pt+2][Br].[NH-]CC(O)=[OH+].[NH-]CC(O)=[OH+]. The molecule has 0 amide bonds. The molecule has 0 spiro atoms. The number of rotatable bonds is 2. The molecule has 0 aromatic rings. The summed E-state index contributed by atoms with van der Waals surface area (Å²) in [5.41, 5.74) is 12.2. The van der Waals surface area contributed by atoms with E-state index in [4.69, 9.17) is 31.3 Å². The quantitative estimate of drug-likeness (QED) is 0.556. The van der Waals surface area contributed by atoms with Crippen LogP contribution >= 0.6 is 26.6 Å². The summed E-state index contributed by atoms with van der Waals surface area (Å²) in [6, 6.07) is 0. The van der Waals surface area contributed by atoms with Crippen molar-refractivity contribution in [3.63, 3.8) is 0 Å². The number of nitrogens with one attached hydrogen (secondary N) is 2. The molecule has 0 saturated heterocycles. The molecule has 0 fully saturated rings. The van der Waals surface area contributed by atoms with E-state index in [2.05, 4.69) is 26.6 Å². The van der Waals surface area contributed by atoms with Crippen molar-refractivity contribution in [3.8, 4) is 0 Å². The van der Waals surface area contributed by atoms with E-state index in [9.17, 15) is 0 Å². The molecule has 82 valence electrons. The molecule has 0 heterocycles. The number of halogens is 2. The second-order valence-corrected chi connectivity index (χ2v) is 11.2. The Bertz CT molecular complexity index is 123. The van der Waals surface area contributed by atoms with Crippen molar-refractivity contribution in [2.45, 2.75) is 0 Å². The third-order valence-corrected chi connectivity index (χ3v) is 0.316. The van der Waals surface area contributed by atoms with Gasteiger partial charge in [-0.2, -0.15) is 0 Å². The molecule has 0 radical (unpaired) electrons. The van der Waals surface area contributed by atoms with Crippen LogP contribution in [0.4, 0.5) is 0 Å². The number of aliphatic hydroxyl groups excluding tert-OH is 2. The summed E-state index contributed by atoms with van der Waals surface area (Å²) >= 11 is 6.56. The van der Waals surface area contributed by atoms with E-state index < -0.39 is 25.0 Å². The zero-order valence-electron chi connectivity index (χ0n) is 6.28. The Balaban J connectivity index is -0.000000120. The molecule has 13 heavy (non-hydrogen) atoms. The number of carboxylic acids is 2. The van der Waals surface area contributed by atoms with Crippen LogP contribution in [-0.4, -0.2) is 44.8 Å². The summed E-state index contributed by atoms with van der Waals surface area (Å²) in [5.74, 6) is -1.66. The van der Waals surface area contributed by atoms with Gasteiger partial charge in [-0.15, -0.1) is 0 Å². The standard InChI is InChI=1S/2C2H4NO2.2BrH.Pt/c2*3-1-2(4)5;;;/h2*3H,1H2,(H,4,5);2*1H;/q2*-1;;;+4. The zero-order valence-corrected chi connectivity index (χ0v) is 11.7. The van der Waals surface area contributed by atoms with Crippen molar-refractivity contribution in [1.29, 1.82) is 0 Å². The minimum Gasteiger partial charge on any atom is -0.663 e. The summed E-state index contributed by atoms with van der Waals surface area (Å²) in [5, 5.41) is 15.3. The summed E-state index contributed by atoms with van der Waals surface area (Å²) in [6.07, 6.45) is 0. The Kier molecular flexibility index (Phi) is 27.0. The molecule has 0 aliphatic heterocycles. The van der Waals surface area contributed by atoms with Crippen molar-refractivity contribution in [2.75, 3.05) is 13.1 Å². The first-order chi connectivity index (χ1) is 5.95. The van der Waals surface area contributed by atoms with Gasteiger partial charge in [-0.25, -0.2) is 0 Å². The van der Waals surface area contributed by atoms with Crippen molar-refractivity contribution in [3.05, 3.63) is 11.5 Å². The Hall–Kier alpha value is 0.508. The summed E-state index contributed by atoms with van der Waals surface area (Å²) in [7, 11) is 0. The van der Waals surface area contributed by atoms with Crippen LogP contribution in [0.2, 0.25) is 0 Å². The Morgan fingerprint density at radius 1 is 1.08 bits per heavy atom. The molecule has 0 aliphatic carbocycles. The van der Waals surface area contributed by atoms with E-state index in [0.29, 0.717) is 0 Å². The van der Waals surface area contributed by atoms with Crippen LogP contribution in [-0.2, 0) is 14.5 Å². The summed E-state index contributed by atoms with van der Waals surface area (Å²) in [4.78, 5) is 15.3. The van der Waals surface area contributed by atoms with Crippen LogP contribution < -0.4 is 0 Å². The molecule has 6 N–H and O–H groups in total. The number of hydrogen-bond acceptors (Lipinski definition) is 0. The molecule has 0 saturated carbocycles. The first-order valence-electron chi connectivity index (χ1n) is 2.55. The topological polar surface area (TPSA) is 131 Å². The van der Waals surface area contributed by atoms with Crippen LogP contribution in [0.15, 0.2) is 0 Å². The monoisotopic (exact) mass is 503 g/mol. The number of hydrogen-bond donors (Lipinski definition) is 2. The average Bonchev–Trinajstić information content (AvgIpc) is 2.07. The largest absolute Gasteiger partial charge is 0.663 e. The molecule has 0 rings (SSSR count). The molecule has 0 bridgehead atoms. The van der Waals surface area contributed by atoms with E-state index in [-0.39, 0.29) is 14.5 Å². The molecule has 0 aromatic heterocycles.